The van der Waals surface area contributed by atoms with Crippen molar-refractivity contribution in [3.05, 3.63) is 146 Å². The lowest BCUT2D eigenvalue weighted by Crippen LogP contribution is -2.50. The first kappa shape index (κ1) is 30.8. The van der Waals surface area contributed by atoms with Gasteiger partial charge in [0.15, 0.2) is 11.6 Å². The Bertz CT molecular complexity index is 1660. The lowest BCUT2D eigenvalue weighted by Gasteiger charge is -2.32. The van der Waals surface area contributed by atoms with E-state index < -0.39 is 11.6 Å². The number of hydrogen-bond donors (Lipinski definition) is 2. The number of aliphatic hydroxyl groups excluding tert-OH is 1. The molecule has 0 aliphatic carbocycles. The molecule has 224 valence electrons. The van der Waals surface area contributed by atoms with E-state index in [1.165, 1.54) is 0 Å². The van der Waals surface area contributed by atoms with Crippen LogP contribution in [-0.4, -0.2) is 35.7 Å². The zero-order chi connectivity index (χ0) is 30.8. The second-order valence-corrected chi connectivity index (χ2v) is 11.2. The van der Waals surface area contributed by atoms with Gasteiger partial charge < -0.3 is 19.9 Å². The third-order valence-corrected chi connectivity index (χ3v) is 8.12. The first-order valence-corrected chi connectivity index (χ1v) is 15.1. The smallest absolute Gasteiger partial charge is 0.252 e. The number of nitrogens with zero attached hydrogens (tertiary/aromatic N) is 4. The van der Waals surface area contributed by atoms with Crippen molar-refractivity contribution in [2.45, 2.75) is 37.6 Å². The van der Waals surface area contributed by atoms with E-state index in [0.717, 1.165) is 26.7 Å². The summed E-state index contributed by atoms with van der Waals surface area (Å²) in [5.74, 6) is 0.691. The van der Waals surface area contributed by atoms with E-state index in [2.05, 4.69) is 31.3 Å². The number of rotatable bonds is 13. The molecule has 1 amide bonds. The molecule has 0 saturated carbocycles. The summed E-state index contributed by atoms with van der Waals surface area (Å²) >= 11 is 3.68. The number of carbonyl (C=O) groups excluding carboxylic acids is 1. The number of benzene rings is 4. The van der Waals surface area contributed by atoms with Gasteiger partial charge in [0.25, 0.3) is 5.91 Å². The lowest BCUT2D eigenvalue weighted by molar-refractivity contribution is -0.129. The summed E-state index contributed by atoms with van der Waals surface area (Å²) in [5.41, 5.74) is 11.7. The topological polar surface area (TPSA) is 129 Å². The van der Waals surface area contributed by atoms with Gasteiger partial charge in [-0.25, -0.2) is 4.99 Å². The van der Waals surface area contributed by atoms with Crippen molar-refractivity contribution in [2.24, 2.45) is 10.1 Å². The van der Waals surface area contributed by atoms with Crippen LogP contribution < -0.4 is 10.1 Å². The summed E-state index contributed by atoms with van der Waals surface area (Å²) in [7, 11) is 0. The number of nitrogens with one attached hydrogen (secondary N) is 1. The highest BCUT2D eigenvalue weighted by Gasteiger charge is 2.54. The van der Waals surface area contributed by atoms with E-state index >= 15 is 0 Å². The molecule has 0 unspecified atom stereocenters. The van der Waals surface area contributed by atoms with Gasteiger partial charge in [-0.05, 0) is 52.6 Å². The van der Waals surface area contributed by atoms with Crippen LogP contribution in [0.5, 0.6) is 5.75 Å². The Labute approximate surface area is 264 Å². The molecule has 0 saturated heterocycles. The van der Waals surface area contributed by atoms with Crippen LogP contribution in [0.25, 0.3) is 10.4 Å². The summed E-state index contributed by atoms with van der Waals surface area (Å²) in [6, 6.07) is 32.3. The van der Waals surface area contributed by atoms with Gasteiger partial charge in [0, 0.05) is 46.5 Å². The Morgan fingerprint density at radius 2 is 1.70 bits per heavy atom. The third-order valence-electron chi connectivity index (χ3n) is 7.40. The maximum atomic E-state index is 14.5. The highest BCUT2D eigenvalue weighted by Crippen LogP contribution is 2.45. The van der Waals surface area contributed by atoms with E-state index in [1.807, 2.05) is 103 Å². The Morgan fingerprint density at radius 3 is 2.43 bits per heavy atom. The number of azide groups is 1. The predicted octanol–water partition coefficient (Wildman–Crippen LogP) is 6.84. The maximum Gasteiger partial charge on any atom is 0.252 e. The van der Waals surface area contributed by atoms with E-state index in [1.54, 1.807) is 0 Å². The molecule has 9 nitrogen and oxygen atoms in total. The van der Waals surface area contributed by atoms with Crippen molar-refractivity contribution in [3.8, 4) is 5.75 Å². The Hall–Kier alpha value is -4.63. The molecular weight excluding hydrogens is 622 g/mol. The standard InChI is InChI=1S/C34H32BrN5O4/c35-30-14-7-6-13-29(30)31-34(33(42)37-22-24-9-2-1-3-10-24,21-26-11-4-5-12-27(26)23-38-40-36)39-32(44-31)25-15-17-28(18-16-25)43-20-8-19-41/h1-7,9-18,31,41H,8,19-23H2,(H,37,42)/t31-,34-/m1/s1. The van der Waals surface area contributed by atoms with Crippen molar-refractivity contribution in [1.82, 2.24) is 5.32 Å². The highest BCUT2D eigenvalue weighted by atomic mass is 79.9. The SMILES string of the molecule is [N-]=[N+]=NCc1ccccc1C[C@@]1(C(=O)NCc2ccccc2)N=C(c2ccc(OCCCO)cc2)O[C@@H]1c1ccccc1Br. The van der Waals surface area contributed by atoms with Crippen molar-refractivity contribution in [1.29, 1.82) is 0 Å². The molecule has 2 N–H and O–H groups in total. The zero-order valence-corrected chi connectivity index (χ0v) is 25.6. The molecule has 0 radical (unpaired) electrons. The summed E-state index contributed by atoms with van der Waals surface area (Å²) in [6.07, 6.45) is -0.0490. The van der Waals surface area contributed by atoms with Crippen LogP contribution in [0.2, 0.25) is 0 Å². The van der Waals surface area contributed by atoms with Gasteiger partial charge >= 0.3 is 0 Å². The summed E-state index contributed by atoms with van der Waals surface area (Å²) in [4.78, 5) is 22.6. The van der Waals surface area contributed by atoms with Crippen molar-refractivity contribution in [3.63, 3.8) is 0 Å². The molecule has 5 rings (SSSR count). The molecule has 0 fully saturated rings. The van der Waals surface area contributed by atoms with Gasteiger partial charge in [-0.15, -0.1) is 0 Å². The second kappa shape index (κ2) is 14.7. The normalized spacial score (nSPS) is 17.2. The number of hydrogen-bond acceptors (Lipinski definition) is 6. The number of carbonyl (C=O) groups is 1. The third kappa shape index (κ3) is 7.11. The molecule has 0 bridgehead atoms. The van der Waals surface area contributed by atoms with Gasteiger partial charge in [-0.1, -0.05) is 93.8 Å². The van der Waals surface area contributed by atoms with Crippen LogP contribution in [0.1, 0.15) is 40.3 Å². The van der Waals surface area contributed by atoms with Gasteiger partial charge in [0.2, 0.25) is 5.90 Å². The van der Waals surface area contributed by atoms with Crippen LogP contribution in [0.4, 0.5) is 0 Å². The van der Waals surface area contributed by atoms with E-state index in [0.29, 0.717) is 36.8 Å². The number of halogens is 1. The molecular formula is C34H32BrN5O4. The van der Waals surface area contributed by atoms with Crippen molar-refractivity contribution < 1.29 is 19.4 Å². The molecule has 2 atom stereocenters. The number of aliphatic hydroxyl groups is 1. The second-order valence-electron chi connectivity index (χ2n) is 10.3. The Kier molecular flexibility index (Phi) is 10.3. The Balaban J connectivity index is 1.60. The first-order chi connectivity index (χ1) is 21.5. The van der Waals surface area contributed by atoms with Crippen LogP contribution in [-0.2, 0) is 29.0 Å². The minimum Gasteiger partial charge on any atom is -0.494 e. The average Bonchev–Trinajstić information content (AvgIpc) is 3.44. The fourth-order valence-electron chi connectivity index (χ4n) is 5.16. The van der Waals surface area contributed by atoms with Gasteiger partial charge in [0.05, 0.1) is 13.2 Å². The summed E-state index contributed by atoms with van der Waals surface area (Å²) in [6.45, 7) is 0.912. The van der Waals surface area contributed by atoms with Gasteiger partial charge in [-0.3, -0.25) is 4.79 Å². The number of aliphatic imine (C=N–C) groups is 1. The van der Waals surface area contributed by atoms with Crippen LogP contribution in [0.15, 0.2) is 118 Å². The van der Waals surface area contributed by atoms with Gasteiger partial charge in [0.1, 0.15) is 5.75 Å². The highest BCUT2D eigenvalue weighted by molar-refractivity contribution is 9.10. The van der Waals surface area contributed by atoms with E-state index in [9.17, 15) is 4.79 Å². The molecule has 1 aliphatic heterocycles. The van der Waals surface area contributed by atoms with E-state index in [-0.39, 0.29) is 25.5 Å². The fourth-order valence-corrected chi connectivity index (χ4v) is 5.65. The van der Waals surface area contributed by atoms with Crippen LogP contribution >= 0.6 is 15.9 Å². The molecule has 0 spiro atoms. The first-order valence-electron chi connectivity index (χ1n) is 14.3. The summed E-state index contributed by atoms with van der Waals surface area (Å²) in [5, 5.41) is 16.0. The predicted molar refractivity (Wildman–Crippen MR) is 172 cm³/mol. The zero-order valence-electron chi connectivity index (χ0n) is 24.0. The summed E-state index contributed by atoms with van der Waals surface area (Å²) < 4.78 is 13.1. The number of amides is 1. The lowest BCUT2D eigenvalue weighted by atomic mass is 9.81. The van der Waals surface area contributed by atoms with Crippen LogP contribution in [0, 0.1) is 0 Å². The van der Waals surface area contributed by atoms with Crippen LogP contribution in [0.3, 0.4) is 0 Å². The molecule has 10 heteroatoms. The quantitative estimate of drug-likeness (QED) is 0.0708. The van der Waals surface area contributed by atoms with Crippen molar-refractivity contribution >= 4 is 27.7 Å². The molecule has 1 heterocycles. The minimum absolute atomic E-state index is 0.0551. The number of ether oxygens (including phenoxy) is 2. The maximum absolute atomic E-state index is 14.5. The van der Waals surface area contributed by atoms with E-state index in [4.69, 9.17) is 25.1 Å². The van der Waals surface area contributed by atoms with Gasteiger partial charge in [-0.2, -0.15) is 0 Å². The largest absolute Gasteiger partial charge is 0.494 e. The monoisotopic (exact) mass is 653 g/mol. The average molecular weight is 655 g/mol. The molecule has 4 aromatic carbocycles. The minimum atomic E-state index is -1.41. The molecule has 44 heavy (non-hydrogen) atoms. The molecule has 0 aromatic heterocycles. The van der Waals surface area contributed by atoms with Crippen molar-refractivity contribution in [2.75, 3.05) is 13.2 Å². The fraction of sp³-hybridized carbons (Fsp3) is 0.235. The molecule has 4 aromatic rings. The Morgan fingerprint density at radius 1 is 1.00 bits per heavy atom. The molecule has 1 aliphatic rings.